The minimum Gasteiger partial charge on any atom is -0.326 e. The van der Waals surface area contributed by atoms with Crippen LogP contribution < -0.4 is 5.32 Å². The van der Waals surface area contributed by atoms with Gasteiger partial charge in [0.1, 0.15) is 6.04 Å². The summed E-state index contributed by atoms with van der Waals surface area (Å²) in [6.45, 7) is 1.60. The lowest BCUT2D eigenvalue weighted by atomic mass is 10.2. The Labute approximate surface area is 180 Å². The number of nitrogens with zero attached hydrogens (tertiary/aromatic N) is 2. The van der Waals surface area contributed by atoms with Crippen LogP contribution >= 0.6 is 11.3 Å². The monoisotopic (exact) mass is 447 g/mol. The first kappa shape index (κ1) is 21.0. The molecule has 3 heterocycles. The number of piperidine rings is 1. The molecule has 7 nitrogen and oxygen atoms in total. The molecule has 4 rings (SSSR count). The Morgan fingerprint density at radius 2 is 1.80 bits per heavy atom. The van der Waals surface area contributed by atoms with Crippen molar-refractivity contribution in [3.63, 3.8) is 0 Å². The largest absolute Gasteiger partial charge is 0.326 e. The maximum absolute atomic E-state index is 12.9. The number of sulfonamides is 1. The Morgan fingerprint density at radius 1 is 1.00 bits per heavy atom. The number of hydrogen-bond donors (Lipinski definition) is 1. The van der Waals surface area contributed by atoms with E-state index in [9.17, 15) is 18.0 Å². The predicted molar refractivity (Wildman–Crippen MR) is 116 cm³/mol. The van der Waals surface area contributed by atoms with Gasteiger partial charge in [-0.15, -0.1) is 11.3 Å². The van der Waals surface area contributed by atoms with Gasteiger partial charge in [-0.25, -0.2) is 8.42 Å². The molecule has 2 aromatic rings. The zero-order valence-electron chi connectivity index (χ0n) is 16.6. The number of benzene rings is 1. The number of anilines is 1. The van der Waals surface area contributed by atoms with E-state index in [0.717, 1.165) is 25.7 Å². The quantitative estimate of drug-likeness (QED) is 0.763. The molecule has 0 radical (unpaired) electrons. The fraction of sp³-hybridized carbons (Fsp3) is 0.429. The van der Waals surface area contributed by atoms with Crippen LogP contribution in [0.3, 0.4) is 0 Å². The molecule has 2 amide bonds. The van der Waals surface area contributed by atoms with Crippen LogP contribution in [0.5, 0.6) is 0 Å². The van der Waals surface area contributed by atoms with Gasteiger partial charge < -0.3 is 10.2 Å². The first-order valence-electron chi connectivity index (χ1n) is 10.2. The summed E-state index contributed by atoms with van der Waals surface area (Å²) in [5.41, 5.74) is 0.425. The van der Waals surface area contributed by atoms with Crippen molar-refractivity contribution in [2.24, 2.45) is 0 Å². The third kappa shape index (κ3) is 4.28. The van der Waals surface area contributed by atoms with Crippen LogP contribution in [0.15, 0.2) is 46.7 Å². The van der Waals surface area contributed by atoms with Gasteiger partial charge in [-0.3, -0.25) is 9.59 Å². The molecule has 0 aliphatic carbocycles. The molecule has 1 atom stereocenters. The molecule has 9 heteroatoms. The van der Waals surface area contributed by atoms with E-state index < -0.39 is 16.1 Å². The average Bonchev–Trinajstić information content (AvgIpc) is 3.46. The number of nitrogens with one attached hydrogen (secondary N) is 1. The lowest BCUT2D eigenvalue weighted by molar-refractivity contribution is -0.119. The number of thiophene rings is 1. The van der Waals surface area contributed by atoms with E-state index in [-0.39, 0.29) is 16.7 Å². The van der Waals surface area contributed by atoms with Gasteiger partial charge in [-0.05, 0) is 55.3 Å². The minimum absolute atomic E-state index is 0.135. The van der Waals surface area contributed by atoms with Crippen molar-refractivity contribution in [3.05, 3.63) is 46.7 Å². The Hall–Kier alpha value is -2.23. The first-order valence-corrected chi connectivity index (χ1v) is 12.5. The SMILES string of the molecule is O=C(Nc1cccc(S(=O)(=O)N2CCCCC2)c1)[C@@H]1CCCN1C(=O)c1cccs1. The predicted octanol–water partition coefficient (Wildman–Crippen LogP) is 3.17. The Kier molecular flexibility index (Phi) is 6.21. The van der Waals surface area contributed by atoms with E-state index in [0.29, 0.717) is 36.6 Å². The molecule has 0 bridgehead atoms. The number of hydrogen-bond acceptors (Lipinski definition) is 5. The zero-order valence-corrected chi connectivity index (χ0v) is 18.3. The van der Waals surface area contributed by atoms with Gasteiger partial charge in [0.05, 0.1) is 9.77 Å². The molecule has 1 N–H and O–H groups in total. The number of rotatable bonds is 5. The van der Waals surface area contributed by atoms with E-state index in [1.54, 1.807) is 29.2 Å². The van der Waals surface area contributed by atoms with E-state index in [1.165, 1.54) is 21.7 Å². The van der Waals surface area contributed by atoms with Gasteiger partial charge in [-0.1, -0.05) is 18.6 Å². The van der Waals surface area contributed by atoms with Crippen LogP contribution in [0, 0.1) is 0 Å². The first-order chi connectivity index (χ1) is 14.5. The molecule has 0 saturated carbocycles. The summed E-state index contributed by atoms with van der Waals surface area (Å²) in [5, 5.41) is 4.66. The van der Waals surface area contributed by atoms with Crippen LogP contribution in [0.25, 0.3) is 0 Å². The van der Waals surface area contributed by atoms with Crippen LogP contribution in [0.1, 0.15) is 41.8 Å². The molecule has 2 aliphatic rings. The normalized spacial score (nSPS) is 20.3. The second kappa shape index (κ2) is 8.87. The van der Waals surface area contributed by atoms with Crippen LogP contribution in [-0.4, -0.2) is 55.1 Å². The third-order valence-corrected chi connectivity index (χ3v) is 8.36. The van der Waals surface area contributed by atoms with Crippen LogP contribution in [-0.2, 0) is 14.8 Å². The lowest BCUT2D eigenvalue weighted by Crippen LogP contribution is -2.43. The fourth-order valence-electron chi connectivity index (χ4n) is 4.04. The Morgan fingerprint density at radius 3 is 2.53 bits per heavy atom. The molecule has 1 aromatic heterocycles. The Bertz CT molecular complexity index is 1010. The maximum atomic E-state index is 12.9. The summed E-state index contributed by atoms with van der Waals surface area (Å²) in [7, 11) is -3.57. The van der Waals surface area contributed by atoms with Crippen molar-refractivity contribution in [1.82, 2.24) is 9.21 Å². The highest BCUT2D eigenvalue weighted by Crippen LogP contribution is 2.25. The summed E-state index contributed by atoms with van der Waals surface area (Å²) in [6, 6.07) is 9.39. The van der Waals surface area contributed by atoms with Crippen molar-refractivity contribution in [2.75, 3.05) is 25.0 Å². The van der Waals surface area contributed by atoms with E-state index in [2.05, 4.69) is 5.32 Å². The smallest absolute Gasteiger partial charge is 0.264 e. The summed E-state index contributed by atoms with van der Waals surface area (Å²) < 4.78 is 27.3. The second-order valence-corrected chi connectivity index (χ2v) is 10.5. The Balaban J connectivity index is 1.48. The molecule has 0 spiro atoms. The highest BCUT2D eigenvalue weighted by molar-refractivity contribution is 7.89. The number of amides is 2. The summed E-state index contributed by atoms with van der Waals surface area (Å²) >= 11 is 1.36. The maximum Gasteiger partial charge on any atom is 0.264 e. The lowest BCUT2D eigenvalue weighted by Gasteiger charge is -2.26. The van der Waals surface area contributed by atoms with Crippen molar-refractivity contribution in [3.8, 4) is 0 Å². The van der Waals surface area contributed by atoms with Crippen LogP contribution in [0.4, 0.5) is 5.69 Å². The van der Waals surface area contributed by atoms with Gasteiger partial charge >= 0.3 is 0 Å². The van der Waals surface area contributed by atoms with Crippen molar-refractivity contribution in [1.29, 1.82) is 0 Å². The molecule has 160 valence electrons. The van der Waals surface area contributed by atoms with Crippen molar-refractivity contribution < 1.29 is 18.0 Å². The number of likely N-dealkylation sites (tertiary alicyclic amines) is 1. The van der Waals surface area contributed by atoms with Gasteiger partial charge in [-0.2, -0.15) is 4.31 Å². The average molecular weight is 448 g/mol. The molecule has 30 heavy (non-hydrogen) atoms. The molecular weight excluding hydrogens is 422 g/mol. The standard InChI is InChI=1S/C21H25N3O4S2/c25-20(18-9-5-13-24(18)21(26)19-10-6-14-29-19)22-16-7-4-8-17(15-16)30(27,28)23-11-2-1-3-12-23/h4,6-8,10,14-15,18H,1-3,5,9,11-13H2,(H,22,25)/t18-/m0/s1. The number of carbonyl (C=O) groups is 2. The molecule has 2 saturated heterocycles. The third-order valence-electron chi connectivity index (χ3n) is 5.60. The molecular formula is C21H25N3O4S2. The highest BCUT2D eigenvalue weighted by Gasteiger charge is 2.35. The molecule has 2 aliphatic heterocycles. The van der Waals surface area contributed by atoms with Crippen molar-refractivity contribution in [2.45, 2.75) is 43.0 Å². The summed E-state index contributed by atoms with van der Waals surface area (Å²) in [6.07, 6.45) is 4.13. The van der Waals surface area contributed by atoms with E-state index in [4.69, 9.17) is 0 Å². The molecule has 0 unspecified atom stereocenters. The summed E-state index contributed by atoms with van der Waals surface area (Å²) in [5.74, 6) is -0.422. The second-order valence-electron chi connectivity index (χ2n) is 7.62. The minimum atomic E-state index is -3.57. The topological polar surface area (TPSA) is 86.8 Å². The van der Waals surface area contributed by atoms with Gasteiger partial charge in [0.2, 0.25) is 15.9 Å². The zero-order chi connectivity index (χ0) is 21.1. The van der Waals surface area contributed by atoms with E-state index >= 15 is 0 Å². The fourth-order valence-corrected chi connectivity index (χ4v) is 6.28. The van der Waals surface area contributed by atoms with Crippen LogP contribution in [0.2, 0.25) is 0 Å². The van der Waals surface area contributed by atoms with Gasteiger partial charge in [0.15, 0.2) is 0 Å². The summed E-state index contributed by atoms with van der Waals surface area (Å²) in [4.78, 5) is 28.0. The van der Waals surface area contributed by atoms with Crippen molar-refractivity contribution >= 4 is 38.9 Å². The van der Waals surface area contributed by atoms with Gasteiger partial charge in [0, 0.05) is 25.3 Å². The van der Waals surface area contributed by atoms with Gasteiger partial charge in [0.25, 0.3) is 5.91 Å². The molecule has 2 fully saturated rings. The van der Waals surface area contributed by atoms with E-state index in [1.807, 2.05) is 11.4 Å². The highest BCUT2D eigenvalue weighted by atomic mass is 32.2. The number of carbonyl (C=O) groups excluding carboxylic acids is 2. The molecule has 1 aromatic carbocycles.